The third-order valence-corrected chi connectivity index (χ3v) is 7.34. The van der Waals surface area contributed by atoms with Crippen molar-refractivity contribution in [2.45, 2.75) is 89.0 Å². The summed E-state index contributed by atoms with van der Waals surface area (Å²) in [6.45, 7) is 0.950. The fourth-order valence-electron chi connectivity index (χ4n) is 5.39. The number of likely N-dealkylation sites (tertiary alicyclic amines) is 1. The van der Waals surface area contributed by atoms with Crippen molar-refractivity contribution in [2.24, 2.45) is 5.92 Å². The minimum atomic E-state index is 0.134. The lowest BCUT2D eigenvalue weighted by Crippen LogP contribution is -2.39. The van der Waals surface area contributed by atoms with Gasteiger partial charge in [0.25, 0.3) is 0 Å². The van der Waals surface area contributed by atoms with Gasteiger partial charge in [-0.25, -0.2) is 0 Å². The molecule has 3 heteroatoms. The van der Waals surface area contributed by atoms with Crippen LogP contribution in [-0.2, 0) is 11.2 Å². The normalized spacial score (nSPS) is 25.8. The van der Waals surface area contributed by atoms with E-state index in [0.717, 1.165) is 30.0 Å². The molecule has 2 aliphatic carbocycles. The Morgan fingerprint density at radius 3 is 2.31 bits per heavy atom. The molecule has 1 saturated heterocycles. The van der Waals surface area contributed by atoms with E-state index in [-0.39, 0.29) is 5.92 Å². The number of halogens is 1. The molecule has 0 N–H and O–H groups in total. The SMILES string of the molecule is O=C1C(Cc2ccc(C3CCCCC3)cc2Cl)CCN1C1CCCCC1. The van der Waals surface area contributed by atoms with E-state index in [1.165, 1.54) is 69.8 Å². The summed E-state index contributed by atoms with van der Waals surface area (Å²) in [6.07, 6.45) is 14.8. The minimum absolute atomic E-state index is 0.134. The summed E-state index contributed by atoms with van der Waals surface area (Å²) in [4.78, 5) is 15.1. The van der Waals surface area contributed by atoms with Crippen LogP contribution in [-0.4, -0.2) is 23.4 Å². The van der Waals surface area contributed by atoms with Crippen molar-refractivity contribution in [1.29, 1.82) is 0 Å². The predicted molar refractivity (Wildman–Crippen MR) is 108 cm³/mol. The highest BCUT2D eigenvalue weighted by atomic mass is 35.5. The molecule has 142 valence electrons. The molecule has 1 amide bonds. The lowest BCUT2D eigenvalue weighted by atomic mass is 9.83. The molecule has 1 unspecified atom stereocenters. The van der Waals surface area contributed by atoms with Crippen molar-refractivity contribution in [3.8, 4) is 0 Å². The second kappa shape index (κ2) is 8.33. The topological polar surface area (TPSA) is 20.3 Å². The second-order valence-corrected chi connectivity index (χ2v) is 9.11. The average molecular weight is 374 g/mol. The van der Waals surface area contributed by atoms with Crippen LogP contribution >= 0.6 is 11.6 Å². The maximum Gasteiger partial charge on any atom is 0.226 e. The Hall–Kier alpha value is -1.02. The molecular formula is C23H32ClNO. The van der Waals surface area contributed by atoms with Crippen LogP contribution in [0.5, 0.6) is 0 Å². The first-order valence-corrected chi connectivity index (χ1v) is 11.2. The summed E-state index contributed by atoms with van der Waals surface area (Å²) >= 11 is 6.63. The quantitative estimate of drug-likeness (QED) is 0.623. The van der Waals surface area contributed by atoms with E-state index >= 15 is 0 Å². The smallest absolute Gasteiger partial charge is 0.226 e. The molecule has 0 bridgehead atoms. The highest BCUT2D eigenvalue weighted by Gasteiger charge is 2.36. The summed E-state index contributed by atoms with van der Waals surface area (Å²) in [7, 11) is 0. The molecule has 3 aliphatic rings. The molecule has 1 heterocycles. The number of hydrogen-bond acceptors (Lipinski definition) is 1. The van der Waals surface area contributed by atoms with Gasteiger partial charge in [0.05, 0.1) is 0 Å². The largest absolute Gasteiger partial charge is 0.339 e. The molecular weight excluding hydrogens is 342 g/mol. The molecule has 1 aliphatic heterocycles. The van der Waals surface area contributed by atoms with Gasteiger partial charge in [-0.05, 0) is 61.6 Å². The standard InChI is InChI=1S/C23H32ClNO/c24-22-16-18(17-7-3-1-4-8-17)11-12-19(22)15-20-13-14-25(23(20)26)21-9-5-2-6-10-21/h11-12,16-17,20-21H,1-10,13-15H2. The monoisotopic (exact) mass is 373 g/mol. The van der Waals surface area contributed by atoms with Gasteiger partial charge >= 0.3 is 0 Å². The molecule has 0 aromatic heterocycles. The highest BCUT2D eigenvalue weighted by molar-refractivity contribution is 6.31. The summed E-state index contributed by atoms with van der Waals surface area (Å²) in [5.74, 6) is 1.20. The maximum atomic E-state index is 12.9. The van der Waals surface area contributed by atoms with Crippen LogP contribution < -0.4 is 0 Å². The zero-order chi connectivity index (χ0) is 17.9. The van der Waals surface area contributed by atoms with Crippen LogP contribution in [0.4, 0.5) is 0 Å². The predicted octanol–water partition coefficient (Wildman–Crippen LogP) is 6.11. The summed E-state index contributed by atoms with van der Waals surface area (Å²) in [6, 6.07) is 7.16. The van der Waals surface area contributed by atoms with Gasteiger partial charge in [0.2, 0.25) is 5.91 Å². The third-order valence-electron chi connectivity index (χ3n) is 6.99. The molecule has 2 nitrogen and oxygen atoms in total. The molecule has 0 spiro atoms. The molecule has 4 rings (SSSR count). The van der Waals surface area contributed by atoms with E-state index in [9.17, 15) is 4.79 Å². The number of nitrogens with zero attached hydrogens (tertiary/aromatic N) is 1. The number of carbonyl (C=O) groups is 1. The summed E-state index contributed by atoms with van der Waals surface area (Å²) in [5.41, 5.74) is 2.56. The second-order valence-electron chi connectivity index (χ2n) is 8.70. The fraction of sp³-hybridized carbons (Fsp3) is 0.696. The Balaban J connectivity index is 1.40. The molecule has 1 atom stereocenters. The van der Waals surface area contributed by atoms with Crippen molar-refractivity contribution in [1.82, 2.24) is 4.90 Å². The van der Waals surface area contributed by atoms with Crippen LogP contribution in [0.1, 0.15) is 87.7 Å². The molecule has 0 radical (unpaired) electrons. The Bertz CT molecular complexity index is 631. The molecule has 3 fully saturated rings. The zero-order valence-electron chi connectivity index (χ0n) is 15.9. The molecule has 1 aromatic carbocycles. The van der Waals surface area contributed by atoms with Gasteiger partial charge in [0, 0.05) is 23.5 Å². The maximum absolute atomic E-state index is 12.9. The van der Waals surface area contributed by atoms with Gasteiger partial charge in [-0.15, -0.1) is 0 Å². The lowest BCUT2D eigenvalue weighted by molar-refractivity contribution is -0.133. The van der Waals surface area contributed by atoms with Gasteiger partial charge in [0.1, 0.15) is 0 Å². The van der Waals surface area contributed by atoms with Gasteiger partial charge in [-0.1, -0.05) is 62.3 Å². The van der Waals surface area contributed by atoms with Crippen molar-refractivity contribution in [2.75, 3.05) is 6.54 Å². The van der Waals surface area contributed by atoms with Crippen LogP contribution in [0.2, 0.25) is 5.02 Å². The van der Waals surface area contributed by atoms with E-state index in [0.29, 0.717) is 17.9 Å². The van der Waals surface area contributed by atoms with E-state index in [2.05, 4.69) is 23.1 Å². The van der Waals surface area contributed by atoms with Gasteiger partial charge in [0.15, 0.2) is 0 Å². The molecule has 2 saturated carbocycles. The van der Waals surface area contributed by atoms with E-state index in [1.807, 2.05) is 0 Å². The zero-order valence-corrected chi connectivity index (χ0v) is 16.6. The number of rotatable bonds is 4. The Morgan fingerprint density at radius 2 is 1.62 bits per heavy atom. The number of hydrogen-bond donors (Lipinski definition) is 0. The first kappa shape index (κ1) is 18.3. The summed E-state index contributed by atoms with van der Waals surface area (Å²) < 4.78 is 0. The molecule has 1 aromatic rings. The van der Waals surface area contributed by atoms with Crippen molar-refractivity contribution in [3.63, 3.8) is 0 Å². The average Bonchev–Trinajstić information content (AvgIpc) is 3.05. The first-order valence-electron chi connectivity index (χ1n) is 10.8. The van der Waals surface area contributed by atoms with Crippen molar-refractivity contribution >= 4 is 17.5 Å². The van der Waals surface area contributed by atoms with Gasteiger partial charge in [-0.2, -0.15) is 0 Å². The van der Waals surface area contributed by atoms with Gasteiger partial charge in [-0.3, -0.25) is 4.79 Å². The number of amides is 1. The van der Waals surface area contributed by atoms with Crippen LogP contribution in [0.25, 0.3) is 0 Å². The van der Waals surface area contributed by atoms with Crippen LogP contribution in [0.3, 0.4) is 0 Å². The van der Waals surface area contributed by atoms with E-state index < -0.39 is 0 Å². The number of carbonyl (C=O) groups excluding carboxylic acids is 1. The minimum Gasteiger partial charge on any atom is -0.339 e. The Morgan fingerprint density at radius 1 is 0.923 bits per heavy atom. The van der Waals surface area contributed by atoms with E-state index in [1.54, 1.807) is 0 Å². The van der Waals surface area contributed by atoms with Crippen LogP contribution in [0.15, 0.2) is 18.2 Å². The fourth-order valence-corrected chi connectivity index (χ4v) is 5.66. The lowest BCUT2D eigenvalue weighted by Gasteiger charge is -2.31. The Kier molecular flexibility index (Phi) is 5.88. The van der Waals surface area contributed by atoms with Crippen molar-refractivity contribution in [3.05, 3.63) is 34.3 Å². The first-order chi connectivity index (χ1) is 12.7. The van der Waals surface area contributed by atoms with Crippen LogP contribution in [0, 0.1) is 5.92 Å². The number of benzene rings is 1. The molecule has 26 heavy (non-hydrogen) atoms. The van der Waals surface area contributed by atoms with Gasteiger partial charge < -0.3 is 4.90 Å². The third kappa shape index (κ3) is 3.96. The van der Waals surface area contributed by atoms with E-state index in [4.69, 9.17) is 11.6 Å². The van der Waals surface area contributed by atoms with Crippen molar-refractivity contribution < 1.29 is 4.79 Å². The summed E-state index contributed by atoms with van der Waals surface area (Å²) in [5, 5.41) is 0.872. The Labute approximate surface area is 163 Å². The highest BCUT2D eigenvalue weighted by Crippen LogP contribution is 2.36.